The first-order valence-corrected chi connectivity index (χ1v) is 7.42. The number of para-hydroxylation sites is 1. The Hall–Kier alpha value is -2.49. The first-order valence-electron chi connectivity index (χ1n) is 7.42. The number of rotatable bonds is 7. The van der Waals surface area contributed by atoms with E-state index in [-0.39, 0.29) is 18.6 Å². The molecule has 1 amide bonds. The van der Waals surface area contributed by atoms with Gasteiger partial charge in [0.1, 0.15) is 17.2 Å². The van der Waals surface area contributed by atoms with Crippen LogP contribution in [0, 0.1) is 0 Å². The average molecular weight is 299 g/mol. The van der Waals surface area contributed by atoms with E-state index in [4.69, 9.17) is 9.47 Å². The van der Waals surface area contributed by atoms with E-state index in [2.05, 4.69) is 5.32 Å². The lowest BCUT2D eigenvalue weighted by Gasteiger charge is -2.12. The van der Waals surface area contributed by atoms with Gasteiger partial charge >= 0.3 is 0 Å². The maximum Gasteiger partial charge on any atom is 0.258 e. The summed E-state index contributed by atoms with van der Waals surface area (Å²) in [7, 11) is 0. The number of hydrogen-bond acceptors (Lipinski definition) is 3. The third-order valence-corrected chi connectivity index (χ3v) is 3.19. The van der Waals surface area contributed by atoms with Crippen molar-refractivity contribution in [1.29, 1.82) is 0 Å². The van der Waals surface area contributed by atoms with Crippen LogP contribution in [0.3, 0.4) is 0 Å². The van der Waals surface area contributed by atoms with Crippen LogP contribution in [-0.2, 0) is 4.79 Å². The van der Waals surface area contributed by atoms with Crippen LogP contribution in [0.2, 0.25) is 0 Å². The summed E-state index contributed by atoms with van der Waals surface area (Å²) in [6.07, 6.45) is 0.900. The van der Waals surface area contributed by atoms with Crippen LogP contribution < -0.4 is 14.8 Å². The van der Waals surface area contributed by atoms with Crippen molar-refractivity contribution in [2.45, 2.75) is 26.3 Å². The summed E-state index contributed by atoms with van der Waals surface area (Å²) in [5.74, 6) is 2.03. The van der Waals surface area contributed by atoms with Gasteiger partial charge in [0.15, 0.2) is 6.61 Å². The van der Waals surface area contributed by atoms with Crippen molar-refractivity contribution in [2.24, 2.45) is 0 Å². The van der Waals surface area contributed by atoms with Gasteiger partial charge in [-0.3, -0.25) is 4.79 Å². The molecule has 0 saturated heterocycles. The van der Waals surface area contributed by atoms with Gasteiger partial charge in [-0.15, -0.1) is 0 Å². The molecule has 1 atom stereocenters. The summed E-state index contributed by atoms with van der Waals surface area (Å²) in [5, 5.41) is 2.86. The van der Waals surface area contributed by atoms with Gasteiger partial charge in [0.05, 0.1) is 0 Å². The molecule has 0 fully saturated rings. The Morgan fingerprint density at radius 1 is 1.00 bits per heavy atom. The SMILES string of the molecule is CCC(C)NC(=O)COc1ccc(Oc2ccccc2)cc1. The van der Waals surface area contributed by atoms with Crippen molar-refractivity contribution in [3.8, 4) is 17.2 Å². The van der Waals surface area contributed by atoms with Crippen molar-refractivity contribution in [1.82, 2.24) is 5.32 Å². The molecule has 2 rings (SSSR count). The predicted octanol–water partition coefficient (Wildman–Crippen LogP) is 3.77. The van der Waals surface area contributed by atoms with Crippen LogP contribution in [0.15, 0.2) is 54.6 Å². The van der Waals surface area contributed by atoms with Crippen molar-refractivity contribution in [3.05, 3.63) is 54.6 Å². The minimum absolute atomic E-state index is 0.0171. The molecule has 0 heterocycles. The molecule has 0 radical (unpaired) electrons. The molecule has 1 unspecified atom stereocenters. The van der Waals surface area contributed by atoms with Gasteiger partial charge in [0, 0.05) is 6.04 Å². The normalized spacial score (nSPS) is 11.5. The first-order chi connectivity index (χ1) is 10.7. The van der Waals surface area contributed by atoms with E-state index >= 15 is 0 Å². The predicted molar refractivity (Wildman–Crippen MR) is 86.3 cm³/mol. The van der Waals surface area contributed by atoms with Gasteiger partial charge in [-0.1, -0.05) is 25.1 Å². The molecule has 0 aliphatic carbocycles. The molecule has 4 heteroatoms. The van der Waals surface area contributed by atoms with E-state index < -0.39 is 0 Å². The molecule has 0 saturated carbocycles. The number of carbonyl (C=O) groups excluding carboxylic acids is 1. The fourth-order valence-electron chi connectivity index (χ4n) is 1.80. The largest absolute Gasteiger partial charge is 0.484 e. The highest BCUT2D eigenvalue weighted by Gasteiger charge is 2.06. The zero-order valence-corrected chi connectivity index (χ0v) is 12.9. The van der Waals surface area contributed by atoms with Gasteiger partial charge in [-0.25, -0.2) is 0 Å². The fraction of sp³-hybridized carbons (Fsp3) is 0.278. The molecule has 0 bridgehead atoms. The van der Waals surface area contributed by atoms with Crippen molar-refractivity contribution in [3.63, 3.8) is 0 Å². The number of benzene rings is 2. The summed E-state index contributed by atoms with van der Waals surface area (Å²) in [5.41, 5.74) is 0. The van der Waals surface area contributed by atoms with E-state index in [0.29, 0.717) is 5.75 Å². The second kappa shape index (κ2) is 8.08. The summed E-state index contributed by atoms with van der Waals surface area (Å²) in [6.45, 7) is 4.01. The van der Waals surface area contributed by atoms with E-state index in [1.165, 1.54) is 0 Å². The Labute approximate surface area is 131 Å². The highest BCUT2D eigenvalue weighted by Crippen LogP contribution is 2.23. The molecule has 116 valence electrons. The van der Waals surface area contributed by atoms with Crippen molar-refractivity contribution >= 4 is 5.91 Å². The van der Waals surface area contributed by atoms with Crippen LogP contribution in [0.25, 0.3) is 0 Å². The third-order valence-electron chi connectivity index (χ3n) is 3.19. The quantitative estimate of drug-likeness (QED) is 0.846. The molecular formula is C18H21NO3. The van der Waals surface area contributed by atoms with Crippen LogP contribution >= 0.6 is 0 Å². The molecular weight excluding hydrogens is 278 g/mol. The van der Waals surface area contributed by atoms with Gasteiger partial charge in [-0.2, -0.15) is 0 Å². The number of carbonyl (C=O) groups is 1. The molecule has 0 aliphatic heterocycles. The minimum Gasteiger partial charge on any atom is -0.484 e. The molecule has 0 aromatic heterocycles. The van der Waals surface area contributed by atoms with Gasteiger partial charge < -0.3 is 14.8 Å². The highest BCUT2D eigenvalue weighted by atomic mass is 16.5. The van der Waals surface area contributed by atoms with E-state index in [1.54, 1.807) is 12.1 Å². The Kier molecular flexibility index (Phi) is 5.83. The second-order valence-electron chi connectivity index (χ2n) is 5.05. The molecule has 1 N–H and O–H groups in total. The average Bonchev–Trinajstić information content (AvgIpc) is 2.55. The summed E-state index contributed by atoms with van der Waals surface area (Å²) in [6, 6.07) is 16.9. The summed E-state index contributed by atoms with van der Waals surface area (Å²) < 4.78 is 11.1. The second-order valence-corrected chi connectivity index (χ2v) is 5.05. The molecule has 22 heavy (non-hydrogen) atoms. The summed E-state index contributed by atoms with van der Waals surface area (Å²) >= 11 is 0. The third kappa shape index (κ3) is 5.13. The topological polar surface area (TPSA) is 47.6 Å². The molecule has 4 nitrogen and oxygen atoms in total. The maximum atomic E-state index is 11.6. The smallest absolute Gasteiger partial charge is 0.258 e. The molecule has 2 aromatic rings. The Morgan fingerprint density at radius 2 is 1.59 bits per heavy atom. The monoisotopic (exact) mass is 299 g/mol. The lowest BCUT2D eigenvalue weighted by molar-refractivity contribution is -0.123. The number of amides is 1. The standard InChI is InChI=1S/C18H21NO3/c1-3-14(2)19-18(20)13-21-15-9-11-17(12-10-15)22-16-7-5-4-6-8-16/h4-12,14H,3,13H2,1-2H3,(H,19,20). The zero-order valence-electron chi connectivity index (χ0n) is 12.9. The Bertz CT molecular complexity index is 581. The van der Waals surface area contributed by atoms with Gasteiger partial charge in [0.2, 0.25) is 0 Å². The lowest BCUT2D eigenvalue weighted by atomic mass is 10.2. The summed E-state index contributed by atoms with van der Waals surface area (Å²) in [4.78, 5) is 11.6. The highest BCUT2D eigenvalue weighted by molar-refractivity contribution is 5.77. The van der Waals surface area contributed by atoms with Crippen LogP contribution in [0.5, 0.6) is 17.2 Å². The lowest BCUT2D eigenvalue weighted by Crippen LogP contribution is -2.35. The Balaban J connectivity index is 1.83. The maximum absolute atomic E-state index is 11.6. The fourth-order valence-corrected chi connectivity index (χ4v) is 1.80. The van der Waals surface area contributed by atoms with E-state index in [0.717, 1.165) is 17.9 Å². The molecule has 0 spiro atoms. The van der Waals surface area contributed by atoms with Crippen LogP contribution in [0.1, 0.15) is 20.3 Å². The van der Waals surface area contributed by atoms with Gasteiger partial charge in [0.25, 0.3) is 5.91 Å². The molecule has 0 aliphatic rings. The number of ether oxygens (including phenoxy) is 2. The van der Waals surface area contributed by atoms with E-state index in [1.807, 2.05) is 56.3 Å². The number of nitrogens with one attached hydrogen (secondary N) is 1. The number of hydrogen-bond donors (Lipinski definition) is 1. The van der Waals surface area contributed by atoms with Crippen molar-refractivity contribution < 1.29 is 14.3 Å². The van der Waals surface area contributed by atoms with E-state index in [9.17, 15) is 4.79 Å². The van der Waals surface area contributed by atoms with Crippen molar-refractivity contribution in [2.75, 3.05) is 6.61 Å². The minimum atomic E-state index is -0.112. The Morgan fingerprint density at radius 3 is 2.23 bits per heavy atom. The first kappa shape index (κ1) is 15.9. The van der Waals surface area contributed by atoms with Crippen LogP contribution in [-0.4, -0.2) is 18.6 Å². The molecule has 2 aromatic carbocycles. The zero-order chi connectivity index (χ0) is 15.8. The van der Waals surface area contributed by atoms with Gasteiger partial charge in [-0.05, 0) is 49.7 Å². The van der Waals surface area contributed by atoms with Crippen LogP contribution in [0.4, 0.5) is 0 Å².